The molecule has 2 aromatic carbocycles. The predicted molar refractivity (Wildman–Crippen MR) is 123 cm³/mol. The van der Waals surface area contributed by atoms with Crippen LogP contribution in [-0.4, -0.2) is 37.4 Å². The van der Waals surface area contributed by atoms with Crippen molar-refractivity contribution in [2.24, 2.45) is 16.1 Å². The fraction of sp³-hybridized carbons (Fsp3) is 0.308. The normalized spacial score (nSPS) is 21.6. The minimum absolute atomic E-state index is 0.0149. The first kappa shape index (κ1) is 21.8. The van der Waals surface area contributed by atoms with Crippen molar-refractivity contribution in [2.75, 3.05) is 26.4 Å². The van der Waals surface area contributed by atoms with Crippen LogP contribution in [-0.2, 0) is 15.0 Å². The molecular weight excluding hydrogens is 456 g/mol. The van der Waals surface area contributed by atoms with Crippen LogP contribution in [0.5, 0.6) is 17.2 Å². The van der Waals surface area contributed by atoms with Crippen LogP contribution in [0.4, 0.5) is 8.78 Å². The molecule has 3 aliphatic heterocycles. The third-order valence-electron chi connectivity index (χ3n) is 6.67. The van der Waals surface area contributed by atoms with Crippen molar-refractivity contribution in [3.05, 3.63) is 71.6 Å². The maximum Gasteiger partial charge on any atom is 0.283 e. The molecule has 7 nitrogen and oxygen atoms in total. The second-order valence-corrected chi connectivity index (χ2v) is 9.44. The monoisotopic (exact) mass is 479 g/mol. The summed E-state index contributed by atoms with van der Waals surface area (Å²) in [6, 6.07) is 11.5. The van der Waals surface area contributed by atoms with E-state index in [0.29, 0.717) is 60.0 Å². The third-order valence-corrected chi connectivity index (χ3v) is 6.67. The highest BCUT2D eigenvalue weighted by Gasteiger charge is 2.46. The van der Waals surface area contributed by atoms with E-state index in [1.807, 2.05) is 0 Å². The van der Waals surface area contributed by atoms with Gasteiger partial charge in [-0.05, 0) is 35.9 Å². The zero-order valence-electron chi connectivity index (χ0n) is 19.0. The molecule has 1 aromatic heterocycles. The minimum atomic E-state index is -1.09. The SMILES string of the molecule is CC1(COc2cc(F)c3c(c2)[C@]2(CCOC(N)=N2)c2cc(-c4cccnc4F)ccc2O3)COC1. The standard InChI is InChI=1S/C26H23F2N3O4/c1-25(12-32-13-25)14-34-16-10-19-22(20(27)11-16)35-21-5-4-15(17-3-2-7-30-23(17)28)9-18(21)26(19)6-8-33-24(29)31-26/h2-5,7,9-11H,6,8,12-14H2,1H3,(H2,29,31)/t26-/m0/s1. The van der Waals surface area contributed by atoms with Crippen molar-refractivity contribution in [3.8, 4) is 28.4 Å². The number of hydrogen-bond donors (Lipinski definition) is 1. The number of benzene rings is 2. The highest BCUT2D eigenvalue weighted by atomic mass is 19.1. The number of fused-ring (bicyclic) bond motifs is 4. The Morgan fingerprint density at radius 1 is 1.11 bits per heavy atom. The molecule has 9 heteroatoms. The van der Waals surface area contributed by atoms with Crippen molar-refractivity contribution in [1.82, 2.24) is 4.98 Å². The molecule has 3 aliphatic rings. The second-order valence-electron chi connectivity index (χ2n) is 9.44. The minimum Gasteiger partial charge on any atom is -0.493 e. The molecule has 0 unspecified atom stereocenters. The maximum atomic E-state index is 15.4. The van der Waals surface area contributed by atoms with Gasteiger partial charge in [-0.1, -0.05) is 13.0 Å². The van der Waals surface area contributed by atoms with Gasteiger partial charge in [-0.25, -0.2) is 14.4 Å². The average Bonchev–Trinajstić information content (AvgIpc) is 2.83. The lowest BCUT2D eigenvalue weighted by atomic mass is 9.77. The van der Waals surface area contributed by atoms with Gasteiger partial charge in [0.1, 0.15) is 17.0 Å². The number of amidine groups is 1. The smallest absolute Gasteiger partial charge is 0.283 e. The summed E-state index contributed by atoms with van der Waals surface area (Å²) in [6.07, 6.45) is 1.77. The quantitative estimate of drug-likeness (QED) is 0.554. The Hall–Kier alpha value is -3.72. The summed E-state index contributed by atoms with van der Waals surface area (Å²) in [5, 5.41) is 0. The zero-order valence-corrected chi connectivity index (χ0v) is 19.0. The number of rotatable bonds is 4. The predicted octanol–water partition coefficient (Wildman–Crippen LogP) is 4.53. The number of nitrogens with zero attached hydrogens (tertiary/aromatic N) is 2. The van der Waals surface area contributed by atoms with Crippen LogP contribution in [0.2, 0.25) is 0 Å². The number of aromatic nitrogens is 1. The largest absolute Gasteiger partial charge is 0.493 e. The Morgan fingerprint density at radius 2 is 1.97 bits per heavy atom. The highest BCUT2D eigenvalue weighted by molar-refractivity contribution is 5.76. The van der Waals surface area contributed by atoms with Gasteiger partial charge in [0, 0.05) is 40.8 Å². The molecule has 0 aliphatic carbocycles. The first-order chi connectivity index (χ1) is 16.9. The van der Waals surface area contributed by atoms with E-state index in [0.717, 1.165) is 0 Å². The van der Waals surface area contributed by atoms with E-state index >= 15 is 4.39 Å². The number of aliphatic imine (C=N–C) groups is 1. The Bertz CT molecular complexity index is 1360. The summed E-state index contributed by atoms with van der Waals surface area (Å²) in [5.74, 6) is -0.336. The molecule has 1 saturated heterocycles. The van der Waals surface area contributed by atoms with E-state index in [4.69, 9.17) is 24.7 Å². The third kappa shape index (κ3) is 3.58. The number of pyridine rings is 1. The Morgan fingerprint density at radius 3 is 2.71 bits per heavy atom. The molecule has 35 heavy (non-hydrogen) atoms. The van der Waals surface area contributed by atoms with E-state index in [9.17, 15) is 4.39 Å². The molecule has 1 fully saturated rings. The van der Waals surface area contributed by atoms with Crippen LogP contribution < -0.4 is 15.2 Å². The van der Waals surface area contributed by atoms with Crippen molar-refractivity contribution in [3.63, 3.8) is 0 Å². The van der Waals surface area contributed by atoms with E-state index < -0.39 is 17.3 Å². The van der Waals surface area contributed by atoms with Gasteiger partial charge in [-0.15, -0.1) is 0 Å². The lowest BCUT2D eigenvalue weighted by molar-refractivity contribution is -0.120. The number of halogens is 2. The first-order valence-electron chi connectivity index (χ1n) is 11.3. The zero-order chi connectivity index (χ0) is 24.2. The summed E-state index contributed by atoms with van der Waals surface area (Å²) in [7, 11) is 0. The Kier molecular flexibility index (Phi) is 4.93. The van der Waals surface area contributed by atoms with Crippen molar-refractivity contribution in [2.45, 2.75) is 18.9 Å². The maximum absolute atomic E-state index is 15.4. The molecule has 3 aromatic rings. The lowest BCUT2D eigenvalue weighted by Crippen LogP contribution is -2.44. The topological polar surface area (TPSA) is 88.2 Å². The Balaban J connectivity index is 1.49. The van der Waals surface area contributed by atoms with Crippen LogP contribution in [0.15, 0.2) is 53.7 Å². The van der Waals surface area contributed by atoms with Crippen molar-refractivity contribution in [1.29, 1.82) is 0 Å². The molecular formula is C26H23F2N3O4. The molecule has 2 N–H and O–H groups in total. The van der Waals surface area contributed by atoms with Gasteiger partial charge in [0.05, 0.1) is 26.4 Å². The van der Waals surface area contributed by atoms with Crippen molar-refractivity contribution >= 4 is 6.02 Å². The van der Waals surface area contributed by atoms with Gasteiger partial charge >= 0.3 is 0 Å². The van der Waals surface area contributed by atoms with Gasteiger partial charge < -0.3 is 24.7 Å². The van der Waals surface area contributed by atoms with Crippen molar-refractivity contribution < 1.29 is 27.7 Å². The molecule has 1 spiro atoms. The summed E-state index contributed by atoms with van der Waals surface area (Å²) in [4.78, 5) is 8.43. The molecule has 4 heterocycles. The fourth-order valence-electron chi connectivity index (χ4n) is 4.79. The summed E-state index contributed by atoms with van der Waals surface area (Å²) in [5.41, 5.74) is 6.85. The van der Waals surface area contributed by atoms with Crippen LogP contribution in [0.3, 0.4) is 0 Å². The van der Waals surface area contributed by atoms with Gasteiger partial charge in [0.25, 0.3) is 6.02 Å². The van der Waals surface area contributed by atoms with Gasteiger partial charge in [-0.2, -0.15) is 4.39 Å². The second kappa shape index (κ2) is 7.91. The van der Waals surface area contributed by atoms with Crippen LogP contribution >= 0.6 is 0 Å². The lowest BCUT2D eigenvalue weighted by Gasteiger charge is -2.40. The average molecular weight is 479 g/mol. The summed E-state index contributed by atoms with van der Waals surface area (Å²) >= 11 is 0. The van der Waals surface area contributed by atoms with Gasteiger partial charge in [0.2, 0.25) is 5.95 Å². The van der Waals surface area contributed by atoms with E-state index in [1.165, 1.54) is 12.3 Å². The Labute approximate surface area is 200 Å². The van der Waals surface area contributed by atoms with Crippen LogP contribution in [0.25, 0.3) is 11.1 Å². The molecule has 0 radical (unpaired) electrons. The molecule has 0 saturated carbocycles. The summed E-state index contributed by atoms with van der Waals surface area (Å²) in [6.45, 7) is 3.88. The number of ether oxygens (including phenoxy) is 4. The van der Waals surface area contributed by atoms with Crippen LogP contribution in [0, 0.1) is 17.2 Å². The molecule has 0 amide bonds. The number of hydrogen-bond acceptors (Lipinski definition) is 7. The molecule has 180 valence electrons. The highest BCUT2D eigenvalue weighted by Crippen LogP contribution is 2.54. The molecule has 1 atom stereocenters. The van der Waals surface area contributed by atoms with Gasteiger partial charge in [-0.3, -0.25) is 0 Å². The molecule has 6 rings (SSSR count). The molecule has 0 bridgehead atoms. The fourth-order valence-corrected chi connectivity index (χ4v) is 4.79. The first-order valence-corrected chi connectivity index (χ1v) is 11.3. The van der Waals surface area contributed by atoms with E-state index in [1.54, 1.807) is 36.4 Å². The van der Waals surface area contributed by atoms with Crippen LogP contribution in [0.1, 0.15) is 24.5 Å². The van der Waals surface area contributed by atoms with E-state index in [-0.39, 0.29) is 23.8 Å². The number of nitrogens with two attached hydrogens (primary N) is 1. The van der Waals surface area contributed by atoms with E-state index in [2.05, 4.69) is 16.9 Å². The van der Waals surface area contributed by atoms with Gasteiger partial charge in [0.15, 0.2) is 11.6 Å². The summed E-state index contributed by atoms with van der Waals surface area (Å²) < 4.78 is 52.5.